The molecular formula is C27H34FN7O2. The Labute approximate surface area is 216 Å². The molecule has 2 aromatic carbocycles. The van der Waals surface area contributed by atoms with Gasteiger partial charge in [-0.05, 0) is 38.0 Å². The number of esters is 1. The van der Waals surface area contributed by atoms with Crippen molar-refractivity contribution in [3.63, 3.8) is 0 Å². The summed E-state index contributed by atoms with van der Waals surface area (Å²) < 4.78 is 21.7. The number of hydrogen-bond donors (Lipinski definition) is 1. The first-order valence-electron chi connectivity index (χ1n) is 12.4. The average Bonchev–Trinajstić information content (AvgIpc) is 3.25. The molecule has 196 valence electrons. The van der Waals surface area contributed by atoms with E-state index in [-0.39, 0.29) is 18.3 Å². The molecule has 37 heavy (non-hydrogen) atoms. The molecule has 0 spiro atoms. The van der Waals surface area contributed by atoms with Crippen LogP contribution in [0.1, 0.15) is 32.2 Å². The third-order valence-electron chi connectivity index (χ3n) is 6.64. The second kappa shape index (κ2) is 11.1. The van der Waals surface area contributed by atoms with Crippen LogP contribution < -0.4 is 5.73 Å². The van der Waals surface area contributed by atoms with E-state index in [0.717, 1.165) is 11.1 Å². The zero-order valence-corrected chi connectivity index (χ0v) is 21.8. The normalized spacial score (nSPS) is 15.2. The van der Waals surface area contributed by atoms with E-state index in [1.54, 1.807) is 30.8 Å². The molecule has 0 unspecified atom stereocenters. The SMILES string of the molecule is CCOC(=O)CN1CCN(/C(N)=N/c2nc(C(C)(C)c3ccc(-c4ccccc4)c(F)c3)nn2C)CC1. The second-order valence-electron chi connectivity index (χ2n) is 9.58. The third kappa shape index (κ3) is 5.96. The van der Waals surface area contributed by atoms with Crippen molar-refractivity contribution in [3.05, 3.63) is 65.7 Å². The van der Waals surface area contributed by atoms with Gasteiger partial charge in [-0.25, -0.2) is 9.07 Å². The van der Waals surface area contributed by atoms with Crippen LogP contribution in [-0.2, 0) is 22.0 Å². The van der Waals surface area contributed by atoms with Gasteiger partial charge in [0.2, 0.25) is 0 Å². The number of halogens is 1. The van der Waals surface area contributed by atoms with Gasteiger partial charge in [-0.1, -0.05) is 42.5 Å². The topological polar surface area (TPSA) is 102 Å². The molecule has 1 aliphatic rings. The lowest BCUT2D eigenvalue weighted by atomic mass is 9.83. The lowest BCUT2D eigenvalue weighted by molar-refractivity contribution is -0.144. The van der Waals surface area contributed by atoms with Crippen molar-refractivity contribution < 1.29 is 13.9 Å². The van der Waals surface area contributed by atoms with Gasteiger partial charge >= 0.3 is 5.97 Å². The number of carbonyl (C=O) groups excluding carboxylic acids is 1. The molecule has 4 rings (SSSR count). The first kappa shape index (κ1) is 26.3. The van der Waals surface area contributed by atoms with Crippen LogP contribution in [0.5, 0.6) is 0 Å². The summed E-state index contributed by atoms with van der Waals surface area (Å²) in [6.07, 6.45) is 0. The summed E-state index contributed by atoms with van der Waals surface area (Å²) in [5.74, 6) is 0.719. The Hall–Kier alpha value is -3.79. The molecule has 1 aromatic heterocycles. The van der Waals surface area contributed by atoms with Crippen LogP contribution in [0.2, 0.25) is 0 Å². The lowest BCUT2D eigenvalue weighted by Gasteiger charge is -2.34. The molecule has 9 nitrogen and oxygen atoms in total. The van der Waals surface area contributed by atoms with Crippen LogP contribution in [0.25, 0.3) is 11.1 Å². The molecule has 1 saturated heterocycles. The Kier molecular flexibility index (Phi) is 7.87. The summed E-state index contributed by atoms with van der Waals surface area (Å²) in [4.78, 5) is 24.9. The van der Waals surface area contributed by atoms with Crippen LogP contribution in [0.15, 0.2) is 53.5 Å². The van der Waals surface area contributed by atoms with Crippen molar-refractivity contribution in [3.8, 4) is 11.1 Å². The maximum Gasteiger partial charge on any atom is 0.320 e. The van der Waals surface area contributed by atoms with Gasteiger partial charge in [-0.2, -0.15) is 15.1 Å². The second-order valence-corrected chi connectivity index (χ2v) is 9.58. The molecule has 3 aromatic rings. The van der Waals surface area contributed by atoms with Crippen LogP contribution >= 0.6 is 0 Å². The molecule has 0 radical (unpaired) electrons. The Bertz CT molecular complexity index is 1270. The standard InChI is InChI=1S/C27H34FN7O2/c1-5-37-23(36)18-34-13-15-35(16-14-34)25(29)31-26-30-24(32-33(26)4)27(2,3)20-11-12-21(22(28)17-20)19-9-7-6-8-10-19/h6-12,17H,5,13-16,18H2,1-4H3,(H2,29,30,31,32). The minimum absolute atomic E-state index is 0.221. The highest BCUT2D eigenvalue weighted by Crippen LogP contribution is 2.33. The maximum atomic E-state index is 15.1. The number of ether oxygens (including phenoxy) is 1. The first-order chi connectivity index (χ1) is 17.7. The summed E-state index contributed by atoms with van der Waals surface area (Å²) in [6, 6.07) is 14.7. The van der Waals surface area contributed by atoms with E-state index in [0.29, 0.717) is 56.1 Å². The number of aliphatic imine (C=N–C) groups is 1. The smallest absolute Gasteiger partial charge is 0.320 e. The van der Waals surface area contributed by atoms with Crippen LogP contribution in [0, 0.1) is 5.82 Å². The fourth-order valence-corrected chi connectivity index (χ4v) is 4.32. The molecule has 0 saturated carbocycles. The number of nitrogens with two attached hydrogens (primary N) is 1. The molecule has 10 heteroatoms. The first-order valence-corrected chi connectivity index (χ1v) is 12.4. The van der Waals surface area contributed by atoms with Crippen molar-refractivity contribution in [1.29, 1.82) is 0 Å². The number of nitrogens with zero attached hydrogens (tertiary/aromatic N) is 6. The van der Waals surface area contributed by atoms with Crippen LogP contribution in [0.3, 0.4) is 0 Å². The fraction of sp³-hybridized carbons (Fsp3) is 0.407. The number of carbonyl (C=O) groups is 1. The van der Waals surface area contributed by atoms with Gasteiger partial charge in [0, 0.05) is 38.8 Å². The van der Waals surface area contributed by atoms with Gasteiger partial charge < -0.3 is 15.4 Å². The number of guanidine groups is 1. The Balaban J connectivity index is 1.47. The molecule has 1 fully saturated rings. The number of hydrogen-bond acceptors (Lipinski definition) is 6. The van der Waals surface area contributed by atoms with Crippen LogP contribution in [0.4, 0.5) is 10.3 Å². The molecule has 2 N–H and O–H groups in total. The lowest BCUT2D eigenvalue weighted by Crippen LogP contribution is -2.52. The predicted octanol–water partition coefficient (Wildman–Crippen LogP) is 3.07. The van der Waals surface area contributed by atoms with Crippen molar-refractivity contribution in [1.82, 2.24) is 24.6 Å². The Morgan fingerprint density at radius 2 is 1.84 bits per heavy atom. The number of benzene rings is 2. The van der Waals surface area contributed by atoms with Gasteiger partial charge in [0.1, 0.15) is 5.82 Å². The Morgan fingerprint density at radius 1 is 1.14 bits per heavy atom. The maximum absolute atomic E-state index is 15.1. The summed E-state index contributed by atoms with van der Waals surface area (Å²) >= 11 is 0. The van der Waals surface area contributed by atoms with Gasteiger partial charge in [0.05, 0.1) is 18.6 Å². The van der Waals surface area contributed by atoms with Gasteiger partial charge in [-0.15, -0.1) is 0 Å². The zero-order valence-electron chi connectivity index (χ0n) is 21.8. The quantitative estimate of drug-likeness (QED) is 0.298. The minimum atomic E-state index is -0.658. The molecular weight excluding hydrogens is 473 g/mol. The van der Waals surface area contributed by atoms with Crippen molar-refractivity contribution in [2.75, 3.05) is 39.3 Å². The highest BCUT2D eigenvalue weighted by molar-refractivity contribution is 5.80. The molecule has 0 atom stereocenters. The van der Waals surface area contributed by atoms with Crippen LogP contribution in [-0.4, -0.2) is 75.8 Å². The summed E-state index contributed by atoms with van der Waals surface area (Å²) in [5, 5.41) is 4.57. The van der Waals surface area contributed by atoms with E-state index in [1.165, 1.54) is 0 Å². The molecule has 2 heterocycles. The van der Waals surface area contributed by atoms with Crippen molar-refractivity contribution in [2.24, 2.45) is 17.8 Å². The zero-order chi connectivity index (χ0) is 26.6. The van der Waals surface area contributed by atoms with E-state index in [2.05, 4.69) is 15.1 Å². The van der Waals surface area contributed by atoms with Gasteiger partial charge in [0.15, 0.2) is 11.8 Å². The molecule has 0 amide bonds. The van der Waals surface area contributed by atoms with Crippen molar-refractivity contribution in [2.45, 2.75) is 26.2 Å². The number of rotatable bonds is 7. The minimum Gasteiger partial charge on any atom is -0.465 e. The van der Waals surface area contributed by atoms with Gasteiger partial charge in [-0.3, -0.25) is 9.69 Å². The van der Waals surface area contributed by atoms with E-state index < -0.39 is 5.41 Å². The average molecular weight is 508 g/mol. The van der Waals surface area contributed by atoms with E-state index >= 15 is 4.39 Å². The highest BCUT2D eigenvalue weighted by Gasteiger charge is 2.30. The molecule has 0 aliphatic carbocycles. The molecule has 1 aliphatic heterocycles. The summed E-state index contributed by atoms with van der Waals surface area (Å²) in [5.41, 5.74) is 7.78. The monoisotopic (exact) mass is 507 g/mol. The largest absolute Gasteiger partial charge is 0.465 e. The Morgan fingerprint density at radius 3 is 2.49 bits per heavy atom. The molecule has 0 bridgehead atoms. The van der Waals surface area contributed by atoms with E-state index in [4.69, 9.17) is 10.5 Å². The number of piperazine rings is 1. The highest BCUT2D eigenvalue weighted by atomic mass is 19.1. The van der Waals surface area contributed by atoms with Crippen molar-refractivity contribution >= 4 is 17.9 Å². The van der Waals surface area contributed by atoms with E-state index in [9.17, 15) is 4.79 Å². The number of aryl methyl sites for hydroxylation is 1. The summed E-state index contributed by atoms with van der Waals surface area (Å²) in [6.45, 7) is 8.99. The third-order valence-corrected chi connectivity index (χ3v) is 6.64. The fourth-order valence-electron chi connectivity index (χ4n) is 4.32. The number of aromatic nitrogens is 3. The van der Waals surface area contributed by atoms with Gasteiger partial charge in [0.25, 0.3) is 5.95 Å². The summed E-state index contributed by atoms with van der Waals surface area (Å²) in [7, 11) is 1.76. The predicted molar refractivity (Wildman–Crippen MR) is 141 cm³/mol. The van der Waals surface area contributed by atoms with E-state index in [1.807, 2.05) is 60.0 Å².